The van der Waals surface area contributed by atoms with Crippen LogP contribution in [-0.4, -0.2) is 23.5 Å². The third-order valence-electron chi connectivity index (χ3n) is 2.95. The standard InChI is InChI=1S/C14H17BrINO3/c1-9(2-5-13(18)19)6-7-17-14(20)11-8-10(16)3-4-12(11)15/h3-4,8-9H,2,5-7H2,1H3,(H,17,20)(H,18,19). The van der Waals surface area contributed by atoms with Gasteiger partial charge < -0.3 is 10.4 Å². The zero-order valence-corrected chi connectivity index (χ0v) is 14.9. The number of benzene rings is 1. The van der Waals surface area contributed by atoms with Crippen LogP contribution in [0, 0.1) is 9.49 Å². The highest BCUT2D eigenvalue weighted by molar-refractivity contribution is 14.1. The van der Waals surface area contributed by atoms with E-state index in [4.69, 9.17) is 5.11 Å². The average molecular weight is 454 g/mol. The molecule has 0 saturated carbocycles. The minimum absolute atomic E-state index is 0.110. The van der Waals surface area contributed by atoms with Crippen LogP contribution in [0.15, 0.2) is 22.7 Å². The molecule has 0 bridgehead atoms. The molecule has 1 aromatic rings. The van der Waals surface area contributed by atoms with Crippen molar-refractivity contribution in [2.75, 3.05) is 6.54 Å². The summed E-state index contributed by atoms with van der Waals surface area (Å²) in [7, 11) is 0. The van der Waals surface area contributed by atoms with E-state index in [0.717, 1.165) is 14.5 Å². The summed E-state index contributed by atoms with van der Waals surface area (Å²) in [6.45, 7) is 2.55. The predicted molar refractivity (Wildman–Crippen MR) is 89.8 cm³/mol. The van der Waals surface area contributed by atoms with Crippen LogP contribution in [0.2, 0.25) is 0 Å². The molecule has 1 amide bonds. The second kappa shape index (κ2) is 8.61. The van der Waals surface area contributed by atoms with E-state index in [9.17, 15) is 9.59 Å². The second-order valence-electron chi connectivity index (χ2n) is 4.71. The Kier molecular flexibility index (Phi) is 7.50. The Hall–Kier alpha value is -0.630. The average Bonchev–Trinajstić information content (AvgIpc) is 2.39. The fraction of sp³-hybridized carbons (Fsp3) is 0.429. The minimum atomic E-state index is -0.774. The second-order valence-corrected chi connectivity index (χ2v) is 6.81. The van der Waals surface area contributed by atoms with E-state index < -0.39 is 5.97 Å². The zero-order chi connectivity index (χ0) is 15.1. The van der Waals surface area contributed by atoms with Gasteiger partial charge in [0.2, 0.25) is 0 Å². The van der Waals surface area contributed by atoms with Crippen LogP contribution >= 0.6 is 38.5 Å². The van der Waals surface area contributed by atoms with Gasteiger partial charge in [-0.05, 0) is 75.5 Å². The first kappa shape index (κ1) is 17.4. The van der Waals surface area contributed by atoms with Crippen molar-refractivity contribution >= 4 is 50.4 Å². The number of carbonyl (C=O) groups excluding carboxylic acids is 1. The number of hydrogen-bond donors (Lipinski definition) is 2. The van der Waals surface area contributed by atoms with Gasteiger partial charge in [-0.25, -0.2) is 0 Å². The van der Waals surface area contributed by atoms with Crippen LogP contribution in [0.5, 0.6) is 0 Å². The Labute approximate surface area is 140 Å². The maximum atomic E-state index is 12.0. The first-order chi connectivity index (χ1) is 9.40. The van der Waals surface area contributed by atoms with Crippen molar-refractivity contribution in [3.05, 3.63) is 31.8 Å². The molecule has 110 valence electrons. The number of rotatable bonds is 7. The zero-order valence-electron chi connectivity index (χ0n) is 11.2. The highest BCUT2D eigenvalue weighted by Gasteiger charge is 2.11. The molecule has 1 rings (SSSR count). The van der Waals surface area contributed by atoms with Crippen LogP contribution in [0.1, 0.15) is 36.5 Å². The number of carboxylic acid groups (broad SMARTS) is 1. The van der Waals surface area contributed by atoms with E-state index in [1.54, 1.807) is 0 Å². The largest absolute Gasteiger partial charge is 0.481 e. The summed E-state index contributed by atoms with van der Waals surface area (Å²) in [4.78, 5) is 22.5. The molecule has 0 aliphatic heterocycles. The molecular formula is C14H17BrINO3. The topological polar surface area (TPSA) is 66.4 Å². The molecule has 0 fully saturated rings. The van der Waals surface area contributed by atoms with Crippen LogP contribution < -0.4 is 5.32 Å². The van der Waals surface area contributed by atoms with Gasteiger partial charge in [0.25, 0.3) is 5.91 Å². The lowest BCUT2D eigenvalue weighted by atomic mass is 10.0. The molecule has 20 heavy (non-hydrogen) atoms. The number of amides is 1. The maximum Gasteiger partial charge on any atom is 0.303 e. The Bertz CT molecular complexity index is 493. The molecule has 1 aromatic carbocycles. The van der Waals surface area contributed by atoms with Gasteiger partial charge in [0.05, 0.1) is 5.56 Å². The quantitative estimate of drug-likeness (QED) is 0.619. The molecule has 0 heterocycles. The molecule has 6 heteroatoms. The Morgan fingerprint density at radius 2 is 2.10 bits per heavy atom. The third kappa shape index (κ3) is 6.21. The number of carbonyl (C=O) groups is 2. The summed E-state index contributed by atoms with van der Waals surface area (Å²) in [5, 5.41) is 11.5. The monoisotopic (exact) mass is 453 g/mol. The Morgan fingerprint density at radius 3 is 2.75 bits per heavy atom. The van der Waals surface area contributed by atoms with Crippen LogP contribution in [-0.2, 0) is 4.79 Å². The molecule has 1 unspecified atom stereocenters. The lowest BCUT2D eigenvalue weighted by molar-refractivity contribution is -0.137. The smallest absolute Gasteiger partial charge is 0.303 e. The normalized spacial score (nSPS) is 11.9. The van der Waals surface area contributed by atoms with Gasteiger partial charge in [-0.15, -0.1) is 0 Å². The molecule has 2 N–H and O–H groups in total. The van der Waals surface area contributed by atoms with Crippen LogP contribution in [0.25, 0.3) is 0 Å². The van der Waals surface area contributed by atoms with Crippen molar-refractivity contribution in [2.24, 2.45) is 5.92 Å². The number of nitrogens with one attached hydrogen (secondary N) is 1. The molecule has 0 aromatic heterocycles. The fourth-order valence-electron chi connectivity index (χ4n) is 1.71. The first-order valence-corrected chi connectivity index (χ1v) is 8.22. The van der Waals surface area contributed by atoms with Gasteiger partial charge in [0.1, 0.15) is 0 Å². The lowest BCUT2D eigenvalue weighted by Gasteiger charge is -2.11. The van der Waals surface area contributed by atoms with Crippen molar-refractivity contribution in [2.45, 2.75) is 26.2 Å². The van der Waals surface area contributed by atoms with Gasteiger partial charge in [0, 0.05) is 21.0 Å². The van der Waals surface area contributed by atoms with Crippen molar-refractivity contribution in [1.82, 2.24) is 5.32 Å². The summed E-state index contributed by atoms with van der Waals surface area (Å²) in [5.41, 5.74) is 0.620. The van der Waals surface area contributed by atoms with Crippen molar-refractivity contribution in [1.29, 1.82) is 0 Å². The molecular weight excluding hydrogens is 437 g/mol. The maximum absolute atomic E-state index is 12.0. The van der Waals surface area contributed by atoms with E-state index in [1.807, 2.05) is 25.1 Å². The molecule has 0 aliphatic carbocycles. The fourth-order valence-corrected chi connectivity index (χ4v) is 2.63. The van der Waals surface area contributed by atoms with E-state index in [-0.39, 0.29) is 18.2 Å². The van der Waals surface area contributed by atoms with Gasteiger partial charge in [-0.1, -0.05) is 6.92 Å². The first-order valence-electron chi connectivity index (χ1n) is 6.35. The highest BCUT2D eigenvalue weighted by Crippen LogP contribution is 2.19. The SMILES string of the molecule is CC(CCNC(=O)c1cc(I)ccc1Br)CCC(=O)O. The summed E-state index contributed by atoms with van der Waals surface area (Å²) in [6.07, 6.45) is 1.59. The molecule has 0 aliphatic rings. The summed E-state index contributed by atoms with van der Waals surface area (Å²) < 4.78 is 1.78. The number of hydrogen-bond acceptors (Lipinski definition) is 2. The molecule has 1 atom stereocenters. The highest BCUT2D eigenvalue weighted by atomic mass is 127. The number of halogens is 2. The predicted octanol–water partition coefficient (Wildman–Crippen LogP) is 3.67. The number of aliphatic carboxylic acids is 1. The van der Waals surface area contributed by atoms with E-state index in [0.29, 0.717) is 18.5 Å². The van der Waals surface area contributed by atoms with E-state index in [1.165, 1.54) is 0 Å². The lowest BCUT2D eigenvalue weighted by Crippen LogP contribution is -2.26. The van der Waals surface area contributed by atoms with E-state index >= 15 is 0 Å². The minimum Gasteiger partial charge on any atom is -0.481 e. The molecule has 0 radical (unpaired) electrons. The molecule has 0 saturated heterocycles. The van der Waals surface area contributed by atoms with Crippen molar-refractivity contribution in [3.8, 4) is 0 Å². The summed E-state index contributed by atoms with van der Waals surface area (Å²) in [5.74, 6) is -0.602. The summed E-state index contributed by atoms with van der Waals surface area (Å²) >= 11 is 5.53. The summed E-state index contributed by atoms with van der Waals surface area (Å²) in [6, 6.07) is 5.61. The Balaban J connectivity index is 2.40. The Morgan fingerprint density at radius 1 is 1.40 bits per heavy atom. The van der Waals surface area contributed by atoms with Crippen molar-refractivity contribution < 1.29 is 14.7 Å². The molecule has 0 spiro atoms. The number of carboxylic acids is 1. The van der Waals surface area contributed by atoms with Crippen LogP contribution in [0.4, 0.5) is 0 Å². The van der Waals surface area contributed by atoms with Gasteiger partial charge in [-0.3, -0.25) is 9.59 Å². The van der Waals surface area contributed by atoms with Gasteiger partial charge in [-0.2, -0.15) is 0 Å². The van der Waals surface area contributed by atoms with Crippen LogP contribution in [0.3, 0.4) is 0 Å². The third-order valence-corrected chi connectivity index (χ3v) is 4.31. The van der Waals surface area contributed by atoms with Crippen molar-refractivity contribution in [3.63, 3.8) is 0 Å². The molecule has 4 nitrogen and oxygen atoms in total. The van der Waals surface area contributed by atoms with Gasteiger partial charge >= 0.3 is 5.97 Å². The van der Waals surface area contributed by atoms with E-state index in [2.05, 4.69) is 43.8 Å². The van der Waals surface area contributed by atoms with Gasteiger partial charge in [0.15, 0.2) is 0 Å².